The Bertz CT molecular complexity index is 372. The summed E-state index contributed by atoms with van der Waals surface area (Å²) in [5, 5.41) is 12.7. The summed E-state index contributed by atoms with van der Waals surface area (Å²) < 4.78 is 0. The van der Waals surface area contributed by atoms with Crippen LogP contribution in [-0.4, -0.2) is 46.6 Å². The molecule has 1 fully saturated rings. The Morgan fingerprint density at radius 1 is 1.30 bits per heavy atom. The van der Waals surface area contributed by atoms with Gasteiger partial charge >= 0.3 is 0 Å². The van der Waals surface area contributed by atoms with E-state index in [9.17, 15) is 14.7 Å². The highest BCUT2D eigenvalue weighted by atomic mass is 16.3. The van der Waals surface area contributed by atoms with E-state index in [2.05, 4.69) is 5.32 Å². The standard InChI is InChI=1S/C15H28N2O3/c1-6-15(5,20)10-16-12(18)11-8-7-9-17(11)13(19)14(2,3)4/h11,20H,6-10H2,1-5H3,(H,16,18). The maximum absolute atomic E-state index is 12.3. The second-order valence-corrected chi connectivity index (χ2v) is 6.97. The Hall–Kier alpha value is -1.10. The molecular formula is C15H28N2O3. The number of carbonyl (C=O) groups is 2. The Morgan fingerprint density at radius 2 is 1.90 bits per heavy atom. The molecule has 0 aliphatic carbocycles. The van der Waals surface area contributed by atoms with E-state index < -0.39 is 17.1 Å². The van der Waals surface area contributed by atoms with Crippen molar-refractivity contribution in [3.8, 4) is 0 Å². The summed E-state index contributed by atoms with van der Waals surface area (Å²) in [6.45, 7) is 10.0. The molecule has 0 aromatic rings. The first kappa shape index (κ1) is 17.0. The van der Waals surface area contributed by atoms with Gasteiger partial charge in [-0.25, -0.2) is 0 Å². The predicted octanol–water partition coefficient (Wildman–Crippen LogP) is 1.30. The maximum atomic E-state index is 12.3. The van der Waals surface area contributed by atoms with Crippen molar-refractivity contribution in [2.75, 3.05) is 13.1 Å². The highest BCUT2D eigenvalue weighted by Crippen LogP contribution is 2.25. The monoisotopic (exact) mass is 284 g/mol. The van der Waals surface area contributed by atoms with Crippen molar-refractivity contribution in [2.45, 2.75) is 65.5 Å². The normalized spacial score (nSPS) is 22.5. The van der Waals surface area contributed by atoms with E-state index in [0.29, 0.717) is 19.4 Å². The van der Waals surface area contributed by atoms with Crippen molar-refractivity contribution in [2.24, 2.45) is 5.41 Å². The molecule has 0 spiro atoms. The van der Waals surface area contributed by atoms with E-state index in [4.69, 9.17) is 0 Å². The summed E-state index contributed by atoms with van der Waals surface area (Å²) in [5.74, 6) is -0.147. The minimum Gasteiger partial charge on any atom is -0.388 e. The van der Waals surface area contributed by atoms with E-state index in [1.165, 1.54) is 0 Å². The van der Waals surface area contributed by atoms with E-state index in [1.54, 1.807) is 11.8 Å². The van der Waals surface area contributed by atoms with Crippen LogP contribution in [0, 0.1) is 5.41 Å². The molecule has 1 rings (SSSR count). The van der Waals surface area contributed by atoms with Gasteiger partial charge in [0.25, 0.3) is 0 Å². The quantitative estimate of drug-likeness (QED) is 0.817. The molecule has 0 aromatic heterocycles. The molecule has 0 radical (unpaired) electrons. The van der Waals surface area contributed by atoms with E-state index in [1.807, 2.05) is 27.7 Å². The maximum Gasteiger partial charge on any atom is 0.242 e. The van der Waals surface area contributed by atoms with Gasteiger partial charge in [-0.05, 0) is 26.2 Å². The molecule has 2 N–H and O–H groups in total. The molecule has 1 aliphatic rings. The molecular weight excluding hydrogens is 256 g/mol. The van der Waals surface area contributed by atoms with Crippen molar-refractivity contribution in [3.05, 3.63) is 0 Å². The largest absolute Gasteiger partial charge is 0.388 e. The third-order valence-electron chi connectivity index (χ3n) is 3.86. The lowest BCUT2D eigenvalue weighted by atomic mass is 9.94. The number of nitrogens with zero attached hydrogens (tertiary/aromatic N) is 1. The van der Waals surface area contributed by atoms with Crippen LogP contribution in [0.5, 0.6) is 0 Å². The summed E-state index contributed by atoms with van der Waals surface area (Å²) >= 11 is 0. The zero-order chi connectivity index (χ0) is 15.6. The van der Waals surface area contributed by atoms with Crippen molar-refractivity contribution in [1.82, 2.24) is 10.2 Å². The Labute approximate surface area is 121 Å². The Balaban J connectivity index is 2.65. The van der Waals surface area contributed by atoms with Gasteiger partial charge in [0.15, 0.2) is 0 Å². The van der Waals surface area contributed by atoms with Gasteiger partial charge in [-0.3, -0.25) is 9.59 Å². The van der Waals surface area contributed by atoms with Crippen LogP contribution < -0.4 is 5.32 Å². The summed E-state index contributed by atoms with van der Waals surface area (Å²) in [4.78, 5) is 26.2. The van der Waals surface area contributed by atoms with Gasteiger partial charge in [-0.2, -0.15) is 0 Å². The fraction of sp³-hybridized carbons (Fsp3) is 0.867. The fourth-order valence-electron chi connectivity index (χ4n) is 2.23. The molecule has 0 aromatic carbocycles. The van der Waals surface area contributed by atoms with Crippen molar-refractivity contribution < 1.29 is 14.7 Å². The lowest BCUT2D eigenvalue weighted by molar-refractivity contribution is -0.144. The van der Waals surface area contributed by atoms with Gasteiger partial charge in [-0.1, -0.05) is 27.7 Å². The Morgan fingerprint density at radius 3 is 2.40 bits per heavy atom. The highest BCUT2D eigenvalue weighted by Gasteiger charge is 2.38. The number of likely N-dealkylation sites (tertiary alicyclic amines) is 1. The van der Waals surface area contributed by atoms with Crippen molar-refractivity contribution in [3.63, 3.8) is 0 Å². The number of nitrogens with one attached hydrogen (secondary N) is 1. The van der Waals surface area contributed by atoms with Crippen LogP contribution in [-0.2, 0) is 9.59 Å². The first-order valence-electron chi connectivity index (χ1n) is 7.39. The first-order chi connectivity index (χ1) is 9.08. The lowest BCUT2D eigenvalue weighted by Crippen LogP contribution is -2.51. The minimum atomic E-state index is -0.896. The van der Waals surface area contributed by atoms with E-state index in [-0.39, 0.29) is 18.4 Å². The molecule has 1 heterocycles. The van der Waals surface area contributed by atoms with Crippen LogP contribution in [0.1, 0.15) is 53.9 Å². The summed E-state index contributed by atoms with van der Waals surface area (Å²) in [6, 6.07) is -0.394. The molecule has 20 heavy (non-hydrogen) atoms. The second kappa shape index (κ2) is 6.12. The molecule has 0 saturated carbocycles. The average molecular weight is 284 g/mol. The van der Waals surface area contributed by atoms with Gasteiger partial charge in [0, 0.05) is 18.5 Å². The topological polar surface area (TPSA) is 69.6 Å². The van der Waals surface area contributed by atoms with Gasteiger partial charge in [0.1, 0.15) is 6.04 Å². The fourth-order valence-corrected chi connectivity index (χ4v) is 2.23. The van der Waals surface area contributed by atoms with Gasteiger partial charge in [-0.15, -0.1) is 0 Å². The van der Waals surface area contributed by atoms with Gasteiger partial charge < -0.3 is 15.3 Å². The van der Waals surface area contributed by atoms with Gasteiger partial charge in [0.05, 0.1) is 5.60 Å². The number of aliphatic hydroxyl groups is 1. The second-order valence-electron chi connectivity index (χ2n) is 6.97. The lowest BCUT2D eigenvalue weighted by Gasteiger charge is -2.31. The van der Waals surface area contributed by atoms with Gasteiger partial charge in [0.2, 0.25) is 11.8 Å². The third kappa shape index (κ3) is 4.20. The smallest absolute Gasteiger partial charge is 0.242 e. The zero-order valence-corrected chi connectivity index (χ0v) is 13.3. The molecule has 116 valence electrons. The minimum absolute atomic E-state index is 0.0115. The first-order valence-corrected chi connectivity index (χ1v) is 7.39. The number of rotatable bonds is 4. The van der Waals surface area contributed by atoms with E-state index >= 15 is 0 Å². The van der Waals surface area contributed by atoms with Crippen LogP contribution in [0.3, 0.4) is 0 Å². The van der Waals surface area contributed by atoms with Crippen LogP contribution in [0.25, 0.3) is 0 Å². The van der Waals surface area contributed by atoms with Crippen molar-refractivity contribution in [1.29, 1.82) is 0 Å². The Kier molecular flexibility index (Phi) is 5.19. The molecule has 2 atom stereocenters. The summed E-state index contributed by atoms with van der Waals surface area (Å²) in [5.41, 5.74) is -1.37. The zero-order valence-electron chi connectivity index (χ0n) is 13.3. The molecule has 5 heteroatoms. The molecule has 1 saturated heterocycles. The third-order valence-corrected chi connectivity index (χ3v) is 3.86. The summed E-state index contributed by atoms with van der Waals surface area (Å²) in [6.07, 6.45) is 2.12. The van der Waals surface area contributed by atoms with Crippen LogP contribution >= 0.6 is 0 Å². The molecule has 1 aliphatic heterocycles. The summed E-state index contributed by atoms with van der Waals surface area (Å²) in [7, 11) is 0. The molecule has 2 unspecified atom stereocenters. The average Bonchev–Trinajstić information content (AvgIpc) is 2.83. The van der Waals surface area contributed by atoms with Crippen molar-refractivity contribution >= 4 is 11.8 Å². The number of hydrogen-bond acceptors (Lipinski definition) is 3. The van der Waals surface area contributed by atoms with Crippen LogP contribution in [0.15, 0.2) is 0 Å². The predicted molar refractivity (Wildman–Crippen MR) is 78.1 cm³/mol. The number of hydrogen-bond donors (Lipinski definition) is 2. The molecule has 2 amide bonds. The number of amides is 2. The number of carbonyl (C=O) groups excluding carboxylic acids is 2. The van der Waals surface area contributed by atoms with Crippen LogP contribution in [0.2, 0.25) is 0 Å². The SMILES string of the molecule is CCC(C)(O)CNC(=O)C1CCCN1C(=O)C(C)(C)C. The highest BCUT2D eigenvalue weighted by molar-refractivity contribution is 5.90. The van der Waals surface area contributed by atoms with Crippen LogP contribution in [0.4, 0.5) is 0 Å². The molecule has 5 nitrogen and oxygen atoms in total. The van der Waals surface area contributed by atoms with E-state index in [0.717, 1.165) is 6.42 Å². The molecule has 0 bridgehead atoms.